The van der Waals surface area contributed by atoms with Crippen molar-refractivity contribution in [2.24, 2.45) is 0 Å². The van der Waals surface area contributed by atoms with Gasteiger partial charge in [-0.15, -0.1) is 0 Å². The highest BCUT2D eigenvalue weighted by molar-refractivity contribution is 5.78. The highest BCUT2D eigenvalue weighted by Crippen LogP contribution is 2.27. The van der Waals surface area contributed by atoms with Crippen LogP contribution in [0.2, 0.25) is 0 Å². The van der Waals surface area contributed by atoms with Gasteiger partial charge in [0.05, 0.1) is 20.8 Å². The number of rotatable bonds is 8. The molecule has 0 radical (unpaired) electrons. The molecule has 1 aromatic carbocycles. The van der Waals surface area contributed by atoms with Gasteiger partial charge in [-0.1, -0.05) is 6.07 Å². The second-order valence-electron chi connectivity index (χ2n) is 6.60. The number of aromatic nitrogens is 2. The number of amides is 1. The Kier molecular flexibility index (Phi) is 7.02. The maximum Gasteiger partial charge on any atom is 0.234 e. The lowest BCUT2D eigenvalue weighted by molar-refractivity contribution is -0.122. The molecular formula is C20H27N5O3. The zero-order chi connectivity index (χ0) is 19.8. The number of hydrogen-bond acceptors (Lipinski definition) is 7. The van der Waals surface area contributed by atoms with E-state index in [4.69, 9.17) is 9.47 Å². The zero-order valence-corrected chi connectivity index (χ0v) is 16.4. The number of anilines is 1. The average molecular weight is 385 g/mol. The quantitative estimate of drug-likeness (QED) is 0.725. The standard InChI is InChI=1S/C20H27N5O3/c1-27-17-5-4-16(14-18(17)28-2)6-9-21-19(26)15-24-10-12-25(13-11-24)20-22-7-3-8-23-20/h3-5,7-8,14H,6,9-13,15H2,1-2H3,(H,21,26). The Labute approximate surface area is 165 Å². The highest BCUT2D eigenvalue weighted by atomic mass is 16.5. The molecule has 0 atom stereocenters. The zero-order valence-electron chi connectivity index (χ0n) is 16.4. The van der Waals surface area contributed by atoms with E-state index in [1.807, 2.05) is 24.3 Å². The number of ether oxygens (including phenoxy) is 2. The fraction of sp³-hybridized carbons (Fsp3) is 0.450. The largest absolute Gasteiger partial charge is 0.493 e. The van der Waals surface area contributed by atoms with Crippen LogP contribution in [0.1, 0.15) is 5.56 Å². The van der Waals surface area contributed by atoms with Crippen LogP contribution in [0.5, 0.6) is 11.5 Å². The van der Waals surface area contributed by atoms with Gasteiger partial charge >= 0.3 is 0 Å². The molecular weight excluding hydrogens is 358 g/mol. The number of nitrogens with zero attached hydrogens (tertiary/aromatic N) is 4. The van der Waals surface area contributed by atoms with Crippen LogP contribution in [0.15, 0.2) is 36.7 Å². The van der Waals surface area contributed by atoms with E-state index in [1.165, 1.54) is 0 Å². The molecule has 1 saturated heterocycles. The first-order chi connectivity index (χ1) is 13.7. The molecule has 0 bridgehead atoms. The summed E-state index contributed by atoms with van der Waals surface area (Å²) in [5.74, 6) is 2.20. The first-order valence-corrected chi connectivity index (χ1v) is 9.41. The van der Waals surface area contributed by atoms with Gasteiger partial charge in [-0.3, -0.25) is 9.69 Å². The van der Waals surface area contributed by atoms with Gasteiger partial charge in [0.25, 0.3) is 0 Å². The van der Waals surface area contributed by atoms with Gasteiger partial charge < -0.3 is 19.7 Å². The minimum atomic E-state index is 0.0462. The number of nitrogens with one attached hydrogen (secondary N) is 1. The van der Waals surface area contributed by atoms with Crippen LogP contribution in [0.25, 0.3) is 0 Å². The van der Waals surface area contributed by atoms with Crippen molar-refractivity contribution < 1.29 is 14.3 Å². The van der Waals surface area contributed by atoms with Gasteiger partial charge in [0, 0.05) is 45.1 Å². The first-order valence-electron chi connectivity index (χ1n) is 9.41. The van der Waals surface area contributed by atoms with Crippen LogP contribution in [0.4, 0.5) is 5.95 Å². The molecule has 0 spiro atoms. The molecule has 3 rings (SSSR count). The Morgan fingerprint density at radius 2 is 1.79 bits per heavy atom. The molecule has 1 aromatic heterocycles. The van der Waals surface area contributed by atoms with Crippen LogP contribution in [-0.4, -0.2) is 74.3 Å². The summed E-state index contributed by atoms with van der Waals surface area (Å²) in [6.07, 6.45) is 4.24. The topological polar surface area (TPSA) is 79.8 Å². The number of benzene rings is 1. The summed E-state index contributed by atoms with van der Waals surface area (Å²) in [7, 11) is 3.23. The summed E-state index contributed by atoms with van der Waals surface area (Å²) in [6.45, 7) is 4.29. The third kappa shape index (κ3) is 5.32. The molecule has 2 aromatic rings. The molecule has 1 amide bonds. The smallest absolute Gasteiger partial charge is 0.234 e. The number of carbonyl (C=O) groups is 1. The lowest BCUT2D eigenvalue weighted by atomic mass is 10.1. The summed E-state index contributed by atoms with van der Waals surface area (Å²) in [4.78, 5) is 25.1. The fourth-order valence-electron chi connectivity index (χ4n) is 3.20. The van der Waals surface area contributed by atoms with E-state index in [0.29, 0.717) is 24.6 Å². The van der Waals surface area contributed by atoms with Crippen molar-refractivity contribution in [3.05, 3.63) is 42.2 Å². The Bertz CT molecular complexity index is 764. The van der Waals surface area contributed by atoms with E-state index in [0.717, 1.165) is 44.1 Å². The van der Waals surface area contributed by atoms with Gasteiger partial charge in [0.1, 0.15) is 0 Å². The molecule has 0 saturated carbocycles. The summed E-state index contributed by atoms with van der Waals surface area (Å²) in [5, 5.41) is 3.00. The molecule has 0 unspecified atom stereocenters. The molecule has 0 aliphatic carbocycles. The Morgan fingerprint density at radius 1 is 1.07 bits per heavy atom. The van der Waals surface area contributed by atoms with E-state index in [2.05, 4.69) is 25.1 Å². The number of piperazine rings is 1. The molecule has 1 fully saturated rings. The second kappa shape index (κ2) is 9.89. The second-order valence-corrected chi connectivity index (χ2v) is 6.60. The number of carbonyl (C=O) groups excluding carboxylic acids is 1. The lowest BCUT2D eigenvalue weighted by Gasteiger charge is -2.34. The van der Waals surface area contributed by atoms with Crippen molar-refractivity contribution in [2.45, 2.75) is 6.42 Å². The van der Waals surface area contributed by atoms with Crippen LogP contribution in [0, 0.1) is 0 Å². The summed E-state index contributed by atoms with van der Waals surface area (Å²) in [5.41, 5.74) is 1.09. The van der Waals surface area contributed by atoms with Crippen LogP contribution < -0.4 is 19.7 Å². The predicted molar refractivity (Wildman–Crippen MR) is 107 cm³/mol. The first kappa shape index (κ1) is 19.9. The maximum absolute atomic E-state index is 12.2. The molecule has 1 aliphatic heterocycles. The van der Waals surface area contributed by atoms with E-state index in [1.54, 1.807) is 26.6 Å². The Hall–Kier alpha value is -2.87. The lowest BCUT2D eigenvalue weighted by Crippen LogP contribution is -2.50. The van der Waals surface area contributed by atoms with Crippen molar-refractivity contribution in [2.75, 3.05) is 58.4 Å². The van der Waals surface area contributed by atoms with Crippen molar-refractivity contribution in [3.63, 3.8) is 0 Å². The van der Waals surface area contributed by atoms with Gasteiger partial charge in [0.15, 0.2) is 11.5 Å². The van der Waals surface area contributed by atoms with E-state index >= 15 is 0 Å². The van der Waals surface area contributed by atoms with Gasteiger partial charge in [-0.05, 0) is 30.2 Å². The molecule has 2 heterocycles. The molecule has 1 N–H and O–H groups in total. The van der Waals surface area contributed by atoms with E-state index < -0.39 is 0 Å². The maximum atomic E-state index is 12.2. The normalized spacial score (nSPS) is 14.6. The molecule has 28 heavy (non-hydrogen) atoms. The summed E-state index contributed by atoms with van der Waals surface area (Å²) < 4.78 is 10.6. The van der Waals surface area contributed by atoms with Crippen LogP contribution in [0.3, 0.4) is 0 Å². The van der Waals surface area contributed by atoms with Gasteiger partial charge in [-0.2, -0.15) is 0 Å². The predicted octanol–water partition coefficient (Wildman–Crippen LogP) is 0.975. The molecule has 8 nitrogen and oxygen atoms in total. The third-order valence-corrected chi connectivity index (χ3v) is 4.76. The molecule has 150 valence electrons. The molecule has 8 heteroatoms. The summed E-state index contributed by atoms with van der Waals surface area (Å²) >= 11 is 0. The van der Waals surface area contributed by atoms with E-state index in [9.17, 15) is 4.79 Å². The summed E-state index contributed by atoms with van der Waals surface area (Å²) in [6, 6.07) is 7.62. The van der Waals surface area contributed by atoms with E-state index in [-0.39, 0.29) is 5.91 Å². The van der Waals surface area contributed by atoms with Crippen molar-refractivity contribution in [3.8, 4) is 11.5 Å². The Morgan fingerprint density at radius 3 is 2.46 bits per heavy atom. The van der Waals surface area contributed by atoms with Crippen molar-refractivity contribution in [1.82, 2.24) is 20.2 Å². The van der Waals surface area contributed by atoms with Gasteiger partial charge in [-0.25, -0.2) is 9.97 Å². The highest BCUT2D eigenvalue weighted by Gasteiger charge is 2.20. The van der Waals surface area contributed by atoms with Crippen molar-refractivity contribution in [1.29, 1.82) is 0 Å². The molecule has 1 aliphatic rings. The average Bonchev–Trinajstić information content (AvgIpc) is 2.74. The minimum absolute atomic E-state index is 0.0462. The monoisotopic (exact) mass is 385 g/mol. The van der Waals surface area contributed by atoms with Crippen LogP contribution in [-0.2, 0) is 11.2 Å². The van der Waals surface area contributed by atoms with Crippen molar-refractivity contribution >= 4 is 11.9 Å². The SMILES string of the molecule is COc1ccc(CCNC(=O)CN2CCN(c3ncccn3)CC2)cc1OC. The number of hydrogen-bond donors (Lipinski definition) is 1. The van der Waals surface area contributed by atoms with Crippen LogP contribution >= 0.6 is 0 Å². The number of methoxy groups -OCH3 is 2. The van der Waals surface area contributed by atoms with Gasteiger partial charge in [0.2, 0.25) is 11.9 Å². The Balaban J connectivity index is 1.38. The minimum Gasteiger partial charge on any atom is -0.493 e. The fourth-order valence-corrected chi connectivity index (χ4v) is 3.20. The third-order valence-electron chi connectivity index (χ3n) is 4.76.